The predicted molar refractivity (Wildman–Crippen MR) is 110 cm³/mol. The van der Waals surface area contributed by atoms with Gasteiger partial charge in [-0.2, -0.15) is 0 Å². The van der Waals surface area contributed by atoms with Crippen LogP contribution < -0.4 is 5.32 Å². The van der Waals surface area contributed by atoms with Crippen molar-refractivity contribution in [2.75, 3.05) is 11.9 Å². The second-order valence-electron chi connectivity index (χ2n) is 6.95. The van der Waals surface area contributed by atoms with Gasteiger partial charge in [-0.1, -0.05) is 24.3 Å². The van der Waals surface area contributed by atoms with Crippen molar-refractivity contribution in [2.45, 2.75) is 32.4 Å². The monoisotopic (exact) mass is 377 g/mol. The summed E-state index contributed by atoms with van der Waals surface area (Å²) in [6, 6.07) is 16.7. The number of nitrogens with zero attached hydrogens (tertiary/aromatic N) is 2. The first-order valence-corrected chi connectivity index (χ1v) is 10.1. The Balaban J connectivity index is 1.47. The first-order chi connectivity index (χ1) is 13.2. The highest BCUT2D eigenvalue weighted by molar-refractivity contribution is 7.14. The van der Waals surface area contributed by atoms with Crippen LogP contribution in [0.3, 0.4) is 0 Å². The molecule has 1 amide bonds. The molecular formula is C22H23N3OS. The number of thiophene rings is 1. The van der Waals surface area contributed by atoms with Crippen LogP contribution in [0.15, 0.2) is 60.9 Å². The fourth-order valence-electron chi connectivity index (χ4n) is 3.63. The largest absolute Gasteiger partial charge is 0.321 e. The van der Waals surface area contributed by atoms with E-state index in [4.69, 9.17) is 0 Å². The minimum absolute atomic E-state index is 0.0547. The van der Waals surface area contributed by atoms with Crippen molar-refractivity contribution in [3.63, 3.8) is 0 Å². The summed E-state index contributed by atoms with van der Waals surface area (Å²) in [6.07, 6.45) is 5.71. The average molecular weight is 378 g/mol. The van der Waals surface area contributed by atoms with Crippen molar-refractivity contribution in [2.24, 2.45) is 0 Å². The van der Waals surface area contributed by atoms with E-state index < -0.39 is 0 Å². The number of hydrogen-bond acceptors (Lipinski definition) is 4. The van der Waals surface area contributed by atoms with E-state index in [1.165, 1.54) is 22.4 Å². The Morgan fingerprint density at radius 2 is 2.00 bits per heavy atom. The van der Waals surface area contributed by atoms with Gasteiger partial charge in [0.15, 0.2) is 0 Å². The minimum Gasteiger partial charge on any atom is -0.321 e. The van der Waals surface area contributed by atoms with Crippen molar-refractivity contribution < 1.29 is 4.79 Å². The zero-order valence-corrected chi connectivity index (χ0v) is 16.2. The molecule has 1 atom stereocenters. The molecule has 0 radical (unpaired) electrons. The first-order valence-electron chi connectivity index (χ1n) is 9.30. The molecule has 1 saturated heterocycles. The van der Waals surface area contributed by atoms with Crippen LogP contribution in [0.2, 0.25) is 0 Å². The standard InChI is InChI=1S/C22H23N3OS/c1-16-5-2-3-6-17(16)15-25-14-4-7-19(25)20-8-9-21(27-20)22(26)24-18-10-12-23-13-11-18/h2-3,5-6,8-13,19H,4,7,14-15H2,1H3,(H,23,24,26)/t19-/m1/s1. The molecular weight excluding hydrogens is 354 g/mol. The van der Waals surface area contributed by atoms with E-state index in [1.807, 2.05) is 6.07 Å². The van der Waals surface area contributed by atoms with Gasteiger partial charge in [-0.25, -0.2) is 0 Å². The van der Waals surface area contributed by atoms with Crippen molar-refractivity contribution in [1.29, 1.82) is 0 Å². The number of hydrogen-bond donors (Lipinski definition) is 1. The number of benzene rings is 1. The fourth-order valence-corrected chi connectivity index (χ4v) is 4.70. The smallest absolute Gasteiger partial charge is 0.265 e. The molecule has 0 unspecified atom stereocenters. The van der Waals surface area contributed by atoms with Crippen LogP contribution in [0.5, 0.6) is 0 Å². The van der Waals surface area contributed by atoms with Gasteiger partial charge in [-0.3, -0.25) is 14.7 Å². The van der Waals surface area contributed by atoms with Gasteiger partial charge in [0, 0.05) is 35.5 Å². The Morgan fingerprint density at radius 1 is 1.19 bits per heavy atom. The van der Waals surface area contributed by atoms with Crippen molar-refractivity contribution in [3.8, 4) is 0 Å². The Morgan fingerprint density at radius 3 is 2.81 bits per heavy atom. The molecule has 3 aromatic rings. The molecule has 1 N–H and O–H groups in total. The topological polar surface area (TPSA) is 45.2 Å². The van der Waals surface area contributed by atoms with Crippen molar-refractivity contribution in [1.82, 2.24) is 9.88 Å². The van der Waals surface area contributed by atoms with Crippen LogP contribution in [0.1, 0.15) is 44.6 Å². The van der Waals surface area contributed by atoms with Crippen LogP contribution in [-0.4, -0.2) is 22.3 Å². The molecule has 5 heteroatoms. The summed E-state index contributed by atoms with van der Waals surface area (Å²) in [5.41, 5.74) is 3.50. The van der Waals surface area contributed by atoms with Gasteiger partial charge in [0.05, 0.1) is 4.88 Å². The molecule has 0 aliphatic carbocycles. The predicted octanol–water partition coefficient (Wildman–Crippen LogP) is 5.04. The number of carbonyl (C=O) groups excluding carboxylic acids is 1. The number of nitrogens with one attached hydrogen (secondary N) is 1. The maximum absolute atomic E-state index is 12.5. The third kappa shape index (κ3) is 4.10. The van der Waals surface area contributed by atoms with E-state index in [0.29, 0.717) is 6.04 Å². The number of pyridine rings is 1. The third-order valence-electron chi connectivity index (χ3n) is 5.12. The van der Waals surface area contributed by atoms with Crippen molar-refractivity contribution >= 4 is 22.9 Å². The highest BCUT2D eigenvalue weighted by Gasteiger charge is 2.28. The number of rotatable bonds is 5. The number of likely N-dealkylation sites (tertiary alicyclic amines) is 1. The summed E-state index contributed by atoms with van der Waals surface area (Å²) in [7, 11) is 0. The molecule has 1 fully saturated rings. The van der Waals surface area contributed by atoms with Gasteiger partial charge in [0.25, 0.3) is 5.91 Å². The van der Waals surface area contributed by atoms with E-state index in [1.54, 1.807) is 35.9 Å². The van der Waals surface area contributed by atoms with E-state index in [9.17, 15) is 4.79 Å². The highest BCUT2D eigenvalue weighted by atomic mass is 32.1. The van der Waals surface area contributed by atoms with Gasteiger partial charge in [0.2, 0.25) is 0 Å². The van der Waals surface area contributed by atoms with Gasteiger partial charge >= 0.3 is 0 Å². The number of aryl methyl sites for hydroxylation is 1. The molecule has 3 heterocycles. The summed E-state index contributed by atoms with van der Waals surface area (Å²) in [5, 5.41) is 2.94. The Labute approximate surface area is 163 Å². The first kappa shape index (κ1) is 17.9. The molecule has 1 aliphatic heterocycles. The molecule has 4 rings (SSSR count). The lowest BCUT2D eigenvalue weighted by molar-refractivity contribution is 0.103. The normalized spacial score (nSPS) is 17.1. The SMILES string of the molecule is Cc1ccccc1CN1CCC[C@@H]1c1ccc(C(=O)Nc2ccncc2)s1. The maximum Gasteiger partial charge on any atom is 0.265 e. The zero-order valence-electron chi connectivity index (χ0n) is 15.4. The van der Waals surface area contributed by atoms with Crippen LogP contribution in [0.4, 0.5) is 5.69 Å². The lowest BCUT2D eigenvalue weighted by Gasteiger charge is -2.24. The molecule has 0 spiro atoms. The number of carbonyl (C=O) groups is 1. The van der Waals surface area contributed by atoms with E-state index >= 15 is 0 Å². The lowest BCUT2D eigenvalue weighted by atomic mass is 10.1. The molecule has 1 aromatic carbocycles. The summed E-state index contributed by atoms with van der Waals surface area (Å²) in [6.45, 7) is 4.25. The second-order valence-corrected chi connectivity index (χ2v) is 8.06. The highest BCUT2D eigenvalue weighted by Crippen LogP contribution is 2.37. The zero-order chi connectivity index (χ0) is 18.6. The number of aromatic nitrogens is 1. The summed E-state index contributed by atoms with van der Waals surface area (Å²) >= 11 is 1.61. The second kappa shape index (κ2) is 8.03. The molecule has 27 heavy (non-hydrogen) atoms. The molecule has 2 aromatic heterocycles. The van der Waals surface area contributed by atoms with Crippen LogP contribution in [-0.2, 0) is 6.54 Å². The van der Waals surface area contributed by atoms with Crippen molar-refractivity contribution in [3.05, 3.63) is 81.8 Å². The molecule has 4 nitrogen and oxygen atoms in total. The van der Waals surface area contributed by atoms with Crippen LogP contribution in [0.25, 0.3) is 0 Å². The lowest BCUT2D eigenvalue weighted by Crippen LogP contribution is -2.22. The molecule has 138 valence electrons. The number of amides is 1. The summed E-state index contributed by atoms with van der Waals surface area (Å²) in [5.74, 6) is -0.0547. The summed E-state index contributed by atoms with van der Waals surface area (Å²) in [4.78, 5) is 21.1. The Bertz CT molecular complexity index is 922. The molecule has 0 saturated carbocycles. The maximum atomic E-state index is 12.5. The van der Waals surface area contributed by atoms with Crippen LogP contribution in [0, 0.1) is 6.92 Å². The summed E-state index contributed by atoms with van der Waals surface area (Å²) < 4.78 is 0. The fraction of sp³-hybridized carbons (Fsp3) is 0.273. The van der Waals surface area contributed by atoms with Gasteiger partial charge < -0.3 is 5.32 Å². The quantitative estimate of drug-likeness (QED) is 0.677. The molecule has 0 bridgehead atoms. The Hall–Kier alpha value is -2.50. The van der Waals surface area contributed by atoms with Gasteiger partial charge in [-0.15, -0.1) is 11.3 Å². The van der Waals surface area contributed by atoms with Gasteiger partial charge in [-0.05, 0) is 61.7 Å². The molecule has 1 aliphatic rings. The van der Waals surface area contributed by atoms with Gasteiger partial charge in [0.1, 0.15) is 0 Å². The average Bonchev–Trinajstić information content (AvgIpc) is 3.34. The minimum atomic E-state index is -0.0547. The number of anilines is 1. The van der Waals surface area contributed by atoms with E-state index in [0.717, 1.165) is 30.1 Å². The van der Waals surface area contributed by atoms with E-state index in [-0.39, 0.29) is 5.91 Å². The van der Waals surface area contributed by atoms with E-state index in [2.05, 4.69) is 52.5 Å². The third-order valence-corrected chi connectivity index (χ3v) is 6.30. The Kier molecular flexibility index (Phi) is 5.32. The van der Waals surface area contributed by atoms with Crippen LogP contribution >= 0.6 is 11.3 Å².